The average Bonchev–Trinajstić information content (AvgIpc) is 2.78. The Balaban J connectivity index is 1.95. The summed E-state index contributed by atoms with van der Waals surface area (Å²) >= 11 is 0. The van der Waals surface area contributed by atoms with Gasteiger partial charge in [-0.15, -0.1) is 0 Å². The number of rotatable bonds is 5. The Labute approximate surface area is 178 Å². The molecule has 0 aliphatic rings. The summed E-state index contributed by atoms with van der Waals surface area (Å²) in [6.45, 7) is 3.44. The van der Waals surface area contributed by atoms with Crippen molar-refractivity contribution in [2.24, 2.45) is 0 Å². The Hall–Kier alpha value is -3.77. The predicted octanol–water partition coefficient (Wildman–Crippen LogP) is 2.99. The van der Waals surface area contributed by atoms with Crippen molar-refractivity contribution in [1.82, 2.24) is 9.13 Å². The Kier molecular flexibility index (Phi) is 5.40. The van der Waals surface area contributed by atoms with Crippen LogP contribution in [0.2, 0.25) is 0 Å². The molecular formula is C25H22N2O4. The molecule has 0 aliphatic heterocycles. The topological polar surface area (TPSA) is 81.3 Å². The Bertz CT molecular complexity index is 1390. The van der Waals surface area contributed by atoms with E-state index < -0.39 is 12.3 Å². The van der Waals surface area contributed by atoms with Crippen molar-refractivity contribution in [3.63, 3.8) is 0 Å². The van der Waals surface area contributed by atoms with E-state index in [1.807, 2.05) is 32.0 Å². The second-order valence-corrected chi connectivity index (χ2v) is 7.55. The summed E-state index contributed by atoms with van der Waals surface area (Å²) in [5.41, 5.74) is 3.27. The maximum absolute atomic E-state index is 13.6. The van der Waals surface area contributed by atoms with Crippen LogP contribution in [-0.2, 0) is 6.54 Å². The summed E-state index contributed by atoms with van der Waals surface area (Å²) in [5, 5.41) is 9.49. The number of carbonyl (C=O) groups is 1. The largest absolute Gasteiger partial charge is 0.388 e. The van der Waals surface area contributed by atoms with Gasteiger partial charge in [0.2, 0.25) is 0 Å². The van der Waals surface area contributed by atoms with E-state index in [0.717, 1.165) is 16.7 Å². The van der Waals surface area contributed by atoms with Gasteiger partial charge in [-0.05, 0) is 42.7 Å². The molecule has 0 bridgehead atoms. The number of aromatic nitrogens is 2. The van der Waals surface area contributed by atoms with Crippen LogP contribution in [0.15, 0.2) is 76.3 Å². The molecule has 0 amide bonds. The second-order valence-electron chi connectivity index (χ2n) is 7.55. The third-order valence-electron chi connectivity index (χ3n) is 5.47. The number of hydrogen-bond acceptors (Lipinski definition) is 4. The zero-order valence-corrected chi connectivity index (χ0v) is 17.3. The fourth-order valence-electron chi connectivity index (χ4n) is 3.90. The van der Waals surface area contributed by atoms with Crippen molar-refractivity contribution in [2.45, 2.75) is 20.4 Å². The first-order valence-corrected chi connectivity index (χ1v) is 9.96. The fraction of sp³-hybridized carbons (Fsp3) is 0.160. The first-order valence-electron chi connectivity index (χ1n) is 9.96. The summed E-state index contributed by atoms with van der Waals surface area (Å²) in [4.78, 5) is 38.5. The van der Waals surface area contributed by atoms with Gasteiger partial charge in [0.05, 0.1) is 23.1 Å². The van der Waals surface area contributed by atoms with E-state index in [9.17, 15) is 14.4 Å². The molecule has 0 spiro atoms. The SMILES string of the molecule is Cc1cccc(C)c1-n1c(=O)c2ccccc2n(Cc2ccc(C(=O)CO)cc2)c1=O. The highest BCUT2D eigenvalue weighted by molar-refractivity contribution is 5.96. The number of aliphatic hydroxyl groups is 1. The molecule has 6 heteroatoms. The molecule has 1 N–H and O–H groups in total. The number of carbonyl (C=O) groups excluding carboxylic acids is 1. The second kappa shape index (κ2) is 8.16. The van der Waals surface area contributed by atoms with Gasteiger partial charge in [0, 0.05) is 5.56 Å². The number of fused-ring (bicyclic) bond motifs is 1. The number of nitrogens with zero attached hydrogens (tertiary/aromatic N) is 2. The molecule has 6 nitrogen and oxygen atoms in total. The van der Waals surface area contributed by atoms with Crippen LogP contribution in [-0.4, -0.2) is 26.6 Å². The summed E-state index contributed by atoms with van der Waals surface area (Å²) in [6, 6.07) is 19.5. The lowest BCUT2D eigenvalue weighted by Gasteiger charge is -2.17. The fourth-order valence-corrected chi connectivity index (χ4v) is 3.90. The third kappa shape index (κ3) is 3.62. The molecule has 0 atom stereocenters. The van der Waals surface area contributed by atoms with Gasteiger partial charge in [0.25, 0.3) is 5.56 Å². The van der Waals surface area contributed by atoms with Gasteiger partial charge in [-0.2, -0.15) is 0 Å². The van der Waals surface area contributed by atoms with Crippen LogP contribution in [0.5, 0.6) is 0 Å². The number of para-hydroxylation sites is 2. The van der Waals surface area contributed by atoms with Gasteiger partial charge in [-0.3, -0.25) is 14.2 Å². The van der Waals surface area contributed by atoms with E-state index in [2.05, 4.69) is 0 Å². The van der Waals surface area contributed by atoms with Crippen LogP contribution in [0, 0.1) is 13.8 Å². The molecule has 0 saturated heterocycles. The molecular weight excluding hydrogens is 392 g/mol. The first-order chi connectivity index (χ1) is 14.9. The van der Waals surface area contributed by atoms with Gasteiger partial charge >= 0.3 is 5.69 Å². The highest BCUT2D eigenvalue weighted by atomic mass is 16.3. The number of aliphatic hydroxyl groups excluding tert-OH is 1. The summed E-state index contributed by atoms with van der Waals surface area (Å²) in [5.74, 6) is -0.363. The van der Waals surface area contributed by atoms with Gasteiger partial charge < -0.3 is 5.11 Å². The molecule has 0 unspecified atom stereocenters. The van der Waals surface area contributed by atoms with E-state index in [4.69, 9.17) is 5.11 Å². The van der Waals surface area contributed by atoms with E-state index in [1.54, 1.807) is 53.1 Å². The number of benzene rings is 3. The maximum Gasteiger partial charge on any atom is 0.336 e. The summed E-state index contributed by atoms with van der Waals surface area (Å²) in [7, 11) is 0. The van der Waals surface area contributed by atoms with Crippen LogP contribution in [0.4, 0.5) is 0 Å². The minimum atomic E-state index is -0.551. The van der Waals surface area contributed by atoms with Crippen molar-refractivity contribution in [2.75, 3.05) is 6.61 Å². The van der Waals surface area contributed by atoms with Crippen LogP contribution in [0.3, 0.4) is 0 Å². The molecule has 0 radical (unpaired) electrons. The third-order valence-corrected chi connectivity index (χ3v) is 5.47. The molecule has 4 aromatic rings. The lowest BCUT2D eigenvalue weighted by Crippen LogP contribution is -2.39. The smallest absolute Gasteiger partial charge is 0.336 e. The van der Waals surface area contributed by atoms with Crippen LogP contribution >= 0.6 is 0 Å². The van der Waals surface area contributed by atoms with E-state index in [0.29, 0.717) is 22.2 Å². The number of ketones is 1. The molecule has 156 valence electrons. The van der Waals surface area contributed by atoms with E-state index in [1.165, 1.54) is 4.57 Å². The molecule has 4 rings (SSSR count). The van der Waals surface area contributed by atoms with Gasteiger partial charge in [0.1, 0.15) is 6.61 Å². The van der Waals surface area contributed by atoms with Crippen LogP contribution in [0.1, 0.15) is 27.0 Å². The summed E-state index contributed by atoms with van der Waals surface area (Å²) < 4.78 is 2.82. The highest BCUT2D eigenvalue weighted by Gasteiger charge is 2.17. The zero-order valence-electron chi connectivity index (χ0n) is 17.3. The molecule has 1 aromatic heterocycles. The van der Waals surface area contributed by atoms with Gasteiger partial charge in [0.15, 0.2) is 5.78 Å². The Morgan fingerprint density at radius 1 is 0.871 bits per heavy atom. The average molecular weight is 414 g/mol. The molecule has 0 saturated carbocycles. The van der Waals surface area contributed by atoms with Crippen LogP contribution in [0.25, 0.3) is 16.6 Å². The van der Waals surface area contributed by atoms with E-state index >= 15 is 0 Å². The number of Topliss-reactive ketones (excluding diaryl/α,β-unsaturated/α-hetero) is 1. The van der Waals surface area contributed by atoms with Crippen molar-refractivity contribution >= 4 is 16.7 Å². The maximum atomic E-state index is 13.6. The minimum Gasteiger partial charge on any atom is -0.388 e. The molecule has 3 aromatic carbocycles. The molecule has 31 heavy (non-hydrogen) atoms. The zero-order chi connectivity index (χ0) is 22.1. The highest BCUT2D eigenvalue weighted by Crippen LogP contribution is 2.18. The minimum absolute atomic E-state index is 0.234. The van der Waals surface area contributed by atoms with E-state index in [-0.39, 0.29) is 17.9 Å². The van der Waals surface area contributed by atoms with Gasteiger partial charge in [-0.1, -0.05) is 54.6 Å². The predicted molar refractivity (Wildman–Crippen MR) is 120 cm³/mol. The van der Waals surface area contributed by atoms with Crippen molar-refractivity contribution in [3.05, 3.63) is 110 Å². The van der Waals surface area contributed by atoms with Crippen molar-refractivity contribution in [1.29, 1.82) is 0 Å². The normalized spacial score (nSPS) is 11.1. The first kappa shape index (κ1) is 20.5. The number of hydrogen-bond donors (Lipinski definition) is 1. The standard InChI is InChI=1S/C25H22N2O4/c1-16-6-5-7-17(2)23(16)27-24(30)20-8-3-4-9-21(20)26(25(27)31)14-18-10-12-19(13-11-18)22(29)15-28/h3-13,28H,14-15H2,1-2H3. The lowest BCUT2D eigenvalue weighted by molar-refractivity contribution is 0.0903. The number of aryl methyl sites for hydroxylation is 2. The molecule has 1 heterocycles. The molecule has 0 aliphatic carbocycles. The molecule has 0 fully saturated rings. The Morgan fingerprint density at radius 2 is 1.52 bits per heavy atom. The Morgan fingerprint density at radius 3 is 2.16 bits per heavy atom. The monoisotopic (exact) mass is 414 g/mol. The lowest BCUT2D eigenvalue weighted by atomic mass is 10.1. The quantitative estimate of drug-likeness (QED) is 0.509. The van der Waals surface area contributed by atoms with Crippen molar-refractivity contribution < 1.29 is 9.90 Å². The van der Waals surface area contributed by atoms with Crippen LogP contribution < -0.4 is 11.2 Å². The summed E-state index contributed by atoms with van der Waals surface area (Å²) in [6.07, 6.45) is 0. The van der Waals surface area contributed by atoms with Crippen molar-refractivity contribution in [3.8, 4) is 5.69 Å². The van der Waals surface area contributed by atoms with Gasteiger partial charge in [-0.25, -0.2) is 9.36 Å².